The van der Waals surface area contributed by atoms with Crippen molar-refractivity contribution in [1.82, 2.24) is 4.72 Å². The third-order valence-electron chi connectivity index (χ3n) is 3.34. The number of hydrogen-bond donors (Lipinski definition) is 2. The maximum Gasteiger partial charge on any atom is 0.240 e. The molecule has 0 aromatic heterocycles. The average Bonchev–Trinajstić information content (AvgIpc) is 2.55. The van der Waals surface area contributed by atoms with Crippen LogP contribution in [0.1, 0.15) is 18.9 Å². The van der Waals surface area contributed by atoms with Crippen LogP contribution in [0, 0.1) is 0 Å². The minimum absolute atomic E-state index is 0.110. The number of sulfonamides is 1. The summed E-state index contributed by atoms with van der Waals surface area (Å²) in [6, 6.07) is 13.4. The van der Waals surface area contributed by atoms with Crippen LogP contribution in [0.25, 0.3) is 0 Å². The van der Waals surface area contributed by atoms with E-state index in [-0.39, 0.29) is 10.8 Å². The van der Waals surface area contributed by atoms with E-state index in [9.17, 15) is 13.2 Å². The molecule has 0 aliphatic carbocycles. The first-order chi connectivity index (χ1) is 11.4. The molecule has 0 heterocycles. The monoisotopic (exact) mass is 366 g/mol. The van der Waals surface area contributed by atoms with Crippen molar-refractivity contribution in [2.75, 3.05) is 11.9 Å². The molecule has 128 valence electrons. The fourth-order valence-electron chi connectivity index (χ4n) is 2.12. The smallest absolute Gasteiger partial charge is 0.240 e. The molecule has 0 aliphatic rings. The molecule has 0 saturated carbocycles. The topological polar surface area (TPSA) is 75.3 Å². The molecule has 0 radical (unpaired) electrons. The van der Waals surface area contributed by atoms with Crippen molar-refractivity contribution in [3.8, 4) is 0 Å². The summed E-state index contributed by atoms with van der Waals surface area (Å²) in [5.74, 6) is -0.110. The Morgan fingerprint density at radius 1 is 1.04 bits per heavy atom. The SMILES string of the molecule is CCNS(=O)(=O)c1ccc(CCC(=O)Nc2ccc(Cl)cc2)cc1. The summed E-state index contributed by atoms with van der Waals surface area (Å²) in [6.45, 7) is 2.07. The molecule has 0 saturated heterocycles. The lowest BCUT2D eigenvalue weighted by Crippen LogP contribution is -2.23. The maximum absolute atomic E-state index is 11.9. The second-order valence-electron chi connectivity index (χ2n) is 5.20. The lowest BCUT2D eigenvalue weighted by molar-refractivity contribution is -0.116. The molecular weight excluding hydrogens is 348 g/mol. The molecule has 2 N–H and O–H groups in total. The van der Waals surface area contributed by atoms with Crippen molar-refractivity contribution in [1.29, 1.82) is 0 Å². The largest absolute Gasteiger partial charge is 0.326 e. The Morgan fingerprint density at radius 3 is 2.25 bits per heavy atom. The zero-order valence-corrected chi connectivity index (χ0v) is 14.8. The number of nitrogens with one attached hydrogen (secondary N) is 2. The number of rotatable bonds is 7. The van der Waals surface area contributed by atoms with Crippen LogP contribution >= 0.6 is 11.6 Å². The minimum Gasteiger partial charge on any atom is -0.326 e. The van der Waals surface area contributed by atoms with Gasteiger partial charge in [0.05, 0.1) is 4.90 Å². The van der Waals surface area contributed by atoms with Crippen molar-refractivity contribution >= 4 is 33.2 Å². The van der Waals surface area contributed by atoms with Gasteiger partial charge in [0.15, 0.2) is 0 Å². The van der Waals surface area contributed by atoms with Gasteiger partial charge in [0, 0.05) is 23.7 Å². The lowest BCUT2D eigenvalue weighted by Gasteiger charge is -2.07. The van der Waals surface area contributed by atoms with Gasteiger partial charge in [-0.3, -0.25) is 4.79 Å². The molecule has 5 nitrogen and oxygen atoms in total. The number of halogens is 1. The molecule has 1 amide bonds. The van der Waals surface area contributed by atoms with Crippen molar-refractivity contribution in [3.63, 3.8) is 0 Å². The van der Waals surface area contributed by atoms with Gasteiger partial charge in [-0.05, 0) is 48.4 Å². The molecule has 0 unspecified atom stereocenters. The first kappa shape index (κ1) is 18.4. The van der Waals surface area contributed by atoms with Crippen LogP contribution in [0.5, 0.6) is 0 Å². The first-order valence-electron chi connectivity index (χ1n) is 7.55. The number of carbonyl (C=O) groups excluding carboxylic acids is 1. The molecule has 2 aromatic rings. The van der Waals surface area contributed by atoms with Gasteiger partial charge < -0.3 is 5.32 Å². The van der Waals surface area contributed by atoms with Crippen LogP contribution in [0.15, 0.2) is 53.4 Å². The number of amides is 1. The Kier molecular flexibility index (Phi) is 6.36. The summed E-state index contributed by atoms with van der Waals surface area (Å²) >= 11 is 5.79. The summed E-state index contributed by atoms with van der Waals surface area (Å²) in [4.78, 5) is 12.2. The molecular formula is C17H19ClN2O3S. The highest BCUT2D eigenvalue weighted by molar-refractivity contribution is 7.89. The van der Waals surface area contributed by atoms with Crippen LogP contribution < -0.4 is 10.0 Å². The molecule has 7 heteroatoms. The van der Waals surface area contributed by atoms with Crippen LogP contribution in [-0.2, 0) is 21.2 Å². The highest BCUT2D eigenvalue weighted by atomic mass is 35.5. The van der Waals surface area contributed by atoms with Gasteiger partial charge in [-0.25, -0.2) is 13.1 Å². The van der Waals surface area contributed by atoms with Gasteiger partial charge in [0.1, 0.15) is 0 Å². The molecule has 0 fully saturated rings. The van der Waals surface area contributed by atoms with E-state index in [4.69, 9.17) is 11.6 Å². The molecule has 24 heavy (non-hydrogen) atoms. The van der Waals surface area contributed by atoms with Gasteiger partial charge in [-0.15, -0.1) is 0 Å². The second-order valence-corrected chi connectivity index (χ2v) is 7.40. The van der Waals surface area contributed by atoms with Crippen LogP contribution in [0.4, 0.5) is 5.69 Å². The van der Waals surface area contributed by atoms with E-state index in [0.29, 0.717) is 30.1 Å². The van der Waals surface area contributed by atoms with Gasteiger partial charge in [0.25, 0.3) is 0 Å². The maximum atomic E-state index is 11.9. The Labute approximate surface area is 147 Å². The third-order valence-corrected chi connectivity index (χ3v) is 5.15. The molecule has 2 rings (SSSR count). The molecule has 0 spiro atoms. The summed E-state index contributed by atoms with van der Waals surface area (Å²) < 4.78 is 26.1. The predicted molar refractivity (Wildman–Crippen MR) is 95.7 cm³/mol. The molecule has 0 aliphatic heterocycles. The van der Waals surface area contributed by atoms with E-state index in [2.05, 4.69) is 10.0 Å². The van der Waals surface area contributed by atoms with Crippen LogP contribution in [-0.4, -0.2) is 20.9 Å². The zero-order valence-electron chi connectivity index (χ0n) is 13.3. The lowest BCUT2D eigenvalue weighted by atomic mass is 10.1. The van der Waals surface area contributed by atoms with E-state index in [0.717, 1.165) is 5.56 Å². The van der Waals surface area contributed by atoms with E-state index in [1.807, 2.05) is 0 Å². The fourth-order valence-corrected chi connectivity index (χ4v) is 3.29. The average molecular weight is 367 g/mol. The Hall–Kier alpha value is -1.89. The van der Waals surface area contributed by atoms with Crippen LogP contribution in [0.2, 0.25) is 5.02 Å². The summed E-state index contributed by atoms with van der Waals surface area (Å²) in [5.41, 5.74) is 1.59. The van der Waals surface area contributed by atoms with Gasteiger partial charge in [-0.1, -0.05) is 30.7 Å². The van der Waals surface area contributed by atoms with Crippen molar-refractivity contribution in [3.05, 3.63) is 59.1 Å². The van der Waals surface area contributed by atoms with Crippen molar-refractivity contribution in [2.24, 2.45) is 0 Å². The zero-order chi connectivity index (χ0) is 17.6. The Bertz CT molecular complexity index is 788. The number of aryl methyl sites for hydroxylation is 1. The number of benzene rings is 2. The Balaban J connectivity index is 1.90. The van der Waals surface area contributed by atoms with Crippen molar-refractivity contribution in [2.45, 2.75) is 24.7 Å². The highest BCUT2D eigenvalue weighted by Gasteiger charge is 2.12. The first-order valence-corrected chi connectivity index (χ1v) is 9.41. The quantitative estimate of drug-likeness (QED) is 0.790. The fraction of sp³-hybridized carbons (Fsp3) is 0.235. The van der Waals surface area contributed by atoms with E-state index in [1.165, 1.54) is 0 Å². The van der Waals surface area contributed by atoms with E-state index in [1.54, 1.807) is 55.5 Å². The Morgan fingerprint density at radius 2 is 1.67 bits per heavy atom. The summed E-state index contributed by atoms with van der Waals surface area (Å²) in [6.07, 6.45) is 0.836. The minimum atomic E-state index is -3.44. The normalized spacial score (nSPS) is 11.2. The van der Waals surface area contributed by atoms with Gasteiger partial charge in [0.2, 0.25) is 15.9 Å². The van der Waals surface area contributed by atoms with E-state index >= 15 is 0 Å². The molecule has 2 aromatic carbocycles. The highest BCUT2D eigenvalue weighted by Crippen LogP contribution is 2.15. The number of carbonyl (C=O) groups is 1. The molecule has 0 atom stereocenters. The summed E-state index contributed by atoms with van der Waals surface area (Å²) in [5, 5.41) is 3.40. The summed E-state index contributed by atoms with van der Waals surface area (Å²) in [7, 11) is -3.44. The van der Waals surface area contributed by atoms with Crippen LogP contribution in [0.3, 0.4) is 0 Å². The van der Waals surface area contributed by atoms with Crippen molar-refractivity contribution < 1.29 is 13.2 Å². The standard InChI is InChI=1S/C17H19ClN2O3S/c1-2-19-24(22,23)16-10-3-13(4-11-16)5-12-17(21)20-15-8-6-14(18)7-9-15/h3-4,6-11,19H,2,5,12H2,1H3,(H,20,21). The van der Waals surface area contributed by atoms with Gasteiger partial charge in [-0.2, -0.15) is 0 Å². The molecule has 0 bridgehead atoms. The number of anilines is 1. The second kappa shape index (κ2) is 8.28. The predicted octanol–water partition coefficient (Wildman–Crippen LogP) is 3.21. The van der Waals surface area contributed by atoms with E-state index < -0.39 is 10.0 Å². The third kappa shape index (κ3) is 5.33. The number of hydrogen-bond acceptors (Lipinski definition) is 3. The van der Waals surface area contributed by atoms with Gasteiger partial charge >= 0.3 is 0 Å².